The van der Waals surface area contributed by atoms with Crippen molar-refractivity contribution in [1.82, 2.24) is 4.57 Å². The molecule has 2 nitrogen and oxygen atoms in total. The summed E-state index contributed by atoms with van der Waals surface area (Å²) in [6.07, 6.45) is 0. The van der Waals surface area contributed by atoms with Crippen molar-refractivity contribution in [1.29, 1.82) is 0 Å². The summed E-state index contributed by atoms with van der Waals surface area (Å²) in [6, 6.07) is 13.5. The Balaban J connectivity index is 2.42. The summed E-state index contributed by atoms with van der Waals surface area (Å²) in [5.41, 5.74) is 3.47. The smallest absolute Gasteiger partial charge is 0.251 e. The summed E-state index contributed by atoms with van der Waals surface area (Å²) in [7, 11) is 0. The summed E-state index contributed by atoms with van der Waals surface area (Å²) in [5.74, 6) is 0. The van der Waals surface area contributed by atoms with Gasteiger partial charge in [0.1, 0.15) is 0 Å². The van der Waals surface area contributed by atoms with Gasteiger partial charge < -0.3 is 4.57 Å². The van der Waals surface area contributed by atoms with Crippen molar-refractivity contribution >= 4 is 0 Å². The topological polar surface area (TPSA) is 22.0 Å². The zero-order chi connectivity index (χ0) is 11.5. The summed E-state index contributed by atoms with van der Waals surface area (Å²) < 4.78 is 1.79. The second-order valence-electron chi connectivity index (χ2n) is 4.02. The van der Waals surface area contributed by atoms with Crippen LogP contribution in [0.4, 0.5) is 0 Å². The molecule has 0 bridgehead atoms. The molecule has 0 N–H and O–H groups in total. The number of hydrogen-bond donors (Lipinski definition) is 0. The van der Waals surface area contributed by atoms with Crippen LogP contribution in [0.15, 0.2) is 47.3 Å². The van der Waals surface area contributed by atoms with Gasteiger partial charge in [0.15, 0.2) is 0 Å². The van der Waals surface area contributed by atoms with E-state index in [0.29, 0.717) is 6.54 Å². The van der Waals surface area contributed by atoms with Crippen LogP contribution in [-0.4, -0.2) is 4.57 Å². The third-order valence-corrected chi connectivity index (χ3v) is 2.86. The van der Waals surface area contributed by atoms with Crippen LogP contribution >= 0.6 is 0 Å². The van der Waals surface area contributed by atoms with Gasteiger partial charge in [-0.3, -0.25) is 4.79 Å². The monoisotopic (exact) mass is 213 g/mol. The van der Waals surface area contributed by atoms with Gasteiger partial charge in [0, 0.05) is 11.8 Å². The maximum Gasteiger partial charge on any atom is 0.251 e. The first-order valence-corrected chi connectivity index (χ1v) is 5.39. The van der Waals surface area contributed by atoms with Gasteiger partial charge in [-0.25, -0.2) is 0 Å². The Morgan fingerprint density at radius 1 is 1.00 bits per heavy atom. The number of hydrogen-bond acceptors (Lipinski definition) is 1. The van der Waals surface area contributed by atoms with Crippen molar-refractivity contribution in [3.63, 3.8) is 0 Å². The van der Waals surface area contributed by atoms with E-state index in [9.17, 15) is 4.79 Å². The molecule has 0 unspecified atom stereocenters. The molecule has 0 radical (unpaired) electrons. The van der Waals surface area contributed by atoms with Gasteiger partial charge >= 0.3 is 0 Å². The van der Waals surface area contributed by atoms with Crippen LogP contribution in [0.3, 0.4) is 0 Å². The molecule has 1 aromatic heterocycles. The van der Waals surface area contributed by atoms with Gasteiger partial charge in [0.2, 0.25) is 0 Å². The molecule has 0 saturated carbocycles. The van der Waals surface area contributed by atoms with Crippen molar-refractivity contribution in [3.8, 4) is 0 Å². The van der Waals surface area contributed by atoms with Gasteiger partial charge in [0.05, 0.1) is 6.54 Å². The Kier molecular flexibility index (Phi) is 2.91. The number of rotatable bonds is 2. The van der Waals surface area contributed by atoms with Crippen LogP contribution in [0, 0.1) is 13.8 Å². The Morgan fingerprint density at radius 2 is 1.75 bits per heavy atom. The van der Waals surface area contributed by atoms with E-state index in [1.54, 1.807) is 16.7 Å². The summed E-state index contributed by atoms with van der Waals surface area (Å²) in [6.45, 7) is 4.68. The van der Waals surface area contributed by atoms with E-state index in [4.69, 9.17) is 0 Å². The average Bonchev–Trinajstić information content (AvgIpc) is 2.26. The molecule has 0 atom stereocenters. The summed E-state index contributed by atoms with van der Waals surface area (Å²) in [5, 5.41) is 0. The lowest BCUT2D eigenvalue weighted by Crippen LogP contribution is -2.21. The largest absolute Gasteiger partial charge is 0.309 e. The molecule has 1 aromatic carbocycles. The first kappa shape index (κ1) is 10.7. The molecule has 0 fully saturated rings. The van der Waals surface area contributed by atoms with Gasteiger partial charge in [-0.2, -0.15) is 0 Å². The highest BCUT2D eigenvalue weighted by Gasteiger charge is 2.02. The number of aryl methyl sites for hydroxylation is 2. The minimum Gasteiger partial charge on any atom is -0.309 e. The van der Waals surface area contributed by atoms with E-state index in [1.807, 2.05) is 25.1 Å². The summed E-state index contributed by atoms with van der Waals surface area (Å²) in [4.78, 5) is 11.7. The average molecular weight is 213 g/mol. The molecule has 0 amide bonds. The van der Waals surface area contributed by atoms with Gasteiger partial charge in [0.25, 0.3) is 5.56 Å². The van der Waals surface area contributed by atoms with E-state index in [0.717, 1.165) is 5.69 Å². The molecule has 2 heteroatoms. The fourth-order valence-electron chi connectivity index (χ4n) is 1.78. The van der Waals surface area contributed by atoms with Crippen molar-refractivity contribution in [2.45, 2.75) is 20.4 Å². The van der Waals surface area contributed by atoms with Crippen molar-refractivity contribution < 1.29 is 0 Å². The van der Waals surface area contributed by atoms with Crippen LogP contribution in [0.25, 0.3) is 0 Å². The molecule has 2 rings (SSSR count). The van der Waals surface area contributed by atoms with Crippen LogP contribution in [0.1, 0.15) is 16.8 Å². The van der Waals surface area contributed by atoms with Crippen molar-refractivity contribution in [3.05, 3.63) is 69.6 Å². The number of pyridine rings is 1. The first-order chi connectivity index (χ1) is 7.68. The Labute approximate surface area is 95.2 Å². The molecule has 2 aromatic rings. The van der Waals surface area contributed by atoms with Gasteiger partial charge in [-0.05, 0) is 31.0 Å². The number of benzene rings is 1. The highest BCUT2D eigenvalue weighted by Crippen LogP contribution is 2.09. The Hall–Kier alpha value is -1.83. The zero-order valence-corrected chi connectivity index (χ0v) is 9.60. The maximum atomic E-state index is 11.7. The van der Waals surface area contributed by atoms with E-state index < -0.39 is 0 Å². The predicted molar refractivity (Wildman–Crippen MR) is 65.7 cm³/mol. The highest BCUT2D eigenvalue weighted by molar-refractivity contribution is 5.26. The van der Waals surface area contributed by atoms with Crippen molar-refractivity contribution in [2.75, 3.05) is 0 Å². The van der Waals surface area contributed by atoms with Crippen molar-refractivity contribution in [2.24, 2.45) is 0 Å². The van der Waals surface area contributed by atoms with E-state index >= 15 is 0 Å². The second kappa shape index (κ2) is 4.35. The molecular formula is C14H15NO. The molecule has 16 heavy (non-hydrogen) atoms. The normalized spacial score (nSPS) is 10.4. The third kappa shape index (κ3) is 2.06. The third-order valence-electron chi connectivity index (χ3n) is 2.86. The fourth-order valence-corrected chi connectivity index (χ4v) is 1.78. The molecular weight excluding hydrogens is 198 g/mol. The van der Waals surface area contributed by atoms with Crippen LogP contribution in [-0.2, 0) is 6.54 Å². The molecule has 0 spiro atoms. The standard InChI is InChI=1S/C14H15NO/c1-11-6-3-4-8-13(11)10-15-12(2)7-5-9-14(15)16/h3-9H,10H2,1-2H3. The lowest BCUT2D eigenvalue weighted by molar-refractivity contribution is 0.726. The quantitative estimate of drug-likeness (QED) is 0.751. The molecule has 0 aliphatic heterocycles. The van der Waals surface area contributed by atoms with E-state index in [-0.39, 0.29) is 5.56 Å². The Bertz CT molecular complexity index is 555. The SMILES string of the molecule is Cc1ccccc1Cn1c(C)cccc1=O. The lowest BCUT2D eigenvalue weighted by atomic mass is 10.1. The fraction of sp³-hybridized carbons (Fsp3) is 0.214. The summed E-state index contributed by atoms with van der Waals surface area (Å²) >= 11 is 0. The Morgan fingerprint density at radius 3 is 2.44 bits per heavy atom. The lowest BCUT2D eigenvalue weighted by Gasteiger charge is -2.11. The zero-order valence-electron chi connectivity index (χ0n) is 9.60. The molecule has 0 aliphatic rings. The van der Waals surface area contributed by atoms with Gasteiger partial charge in [-0.1, -0.05) is 30.3 Å². The molecule has 1 heterocycles. The minimum absolute atomic E-state index is 0.0586. The predicted octanol–water partition coefficient (Wildman–Crippen LogP) is 2.51. The molecule has 82 valence electrons. The van der Waals surface area contributed by atoms with E-state index in [1.165, 1.54) is 11.1 Å². The van der Waals surface area contributed by atoms with E-state index in [2.05, 4.69) is 19.1 Å². The van der Waals surface area contributed by atoms with Crippen LogP contribution in [0.5, 0.6) is 0 Å². The minimum atomic E-state index is 0.0586. The maximum absolute atomic E-state index is 11.7. The van der Waals surface area contributed by atoms with Gasteiger partial charge in [-0.15, -0.1) is 0 Å². The highest BCUT2D eigenvalue weighted by atomic mass is 16.1. The molecule has 0 saturated heterocycles. The number of nitrogens with zero attached hydrogens (tertiary/aromatic N) is 1. The molecule has 0 aliphatic carbocycles. The second-order valence-corrected chi connectivity index (χ2v) is 4.02. The first-order valence-electron chi connectivity index (χ1n) is 5.39. The van der Waals surface area contributed by atoms with Crippen LogP contribution < -0.4 is 5.56 Å². The number of aromatic nitrogens is 1. The van der Waals surface area contributed by atoms with Crippen LogP contribution in [0.2, 0.25) is 0 Å².